The summed E-state index contributed by atoms with van der Waals surface area (Å²) >= 11 is 6.61. The normalized spacial score (nSPS) is 19.1. The first-order valence-corrected chi connectivity index (χ1v) is 15.8. The highest BCUT2D eigenvalue weighted by Gasteiger charge is 2.48. The molecule has 5 rings (SSSR count). The maximum Gasteiger partial charge on any atom is 0.410 e. The van der Waals surface area contributed by atoms with Crippen LogP contribution in [-0.4, -0.2) is 62.2 Å². The lowest BCUT2D eigenvalue weighted by Gasteiger charge is -2.41. The third-order valence-corrected chi connectivity index (χ3v) is 8.75. The van der Waals surface area contributed by atoms with Crippen molar-refractivity contribution in [2.75, 3.05) is 33.5 Å². The van der Waals surface area contributed by atoms with Gasteiger partial charge in [0, 0.05) is 41.3 Å². The van der Waals surface area contributed by atoms with Crippen LogP contribution in [-0.2, 0) is 26.2 Å². The van der Waals surface area contributed by atoms with Gasteiger partial charge in [0.2, 0.25) is 5.91 Å². The third-order valence-electron chi connectivity index (χ3n) is 8.38. The maximum atomic E-state index is 16.5. The topological polar surface area (TPSA) is 110 Å². The number of fused-ring (bicyclic) bond motifs is 1. The van der Waals surface area contributed by atoms with Crippen molar-refractivity contribution in [3.63, 3.8) is 0 Å². The third kappa shape index (κ3) is 7.17. The van der Waals surface area contributed by atoms with Gasteiger partial charge in [-0.05, 0) is 57.7 Å². The Morgan fingerprint density at radius 1 is 1.09 bits per heavy atom. The average molecular weight is 673 g/mol. The summed E-state index contributed by atoms with van der Waals surface area (Å²) in [6, 6.07) is 12.8. The van der Waals surface area contributed by atoms with E-state index in [1.807, 2.05) is 51.1 Å². The van der Waals surface area contributed by atoms with E-state index in [1.165, 1.54) is 24.1 Å². The van der Waals surface area contributed by atoms with E-state index in [1.54, 1.807) is 0 Å². The molecular formula is C35H39ClF2N2O7. The molecule has 2 amide bonds. The van der Waals surface area contributed by atoms with Crippen molar-refractivity contribution in [2.24, 2.45) is 5.73 Å². The van der Waals surface area contributed by atoms with Gasteiger partial charge in [-0.15, -0.1) is 0 Å². The summed E-state index contributed by atoms with van der Waals surface area (Å²) in [4.78, 5) is 27.2. The zero-order valence-corrected chi connectivity index (χ0v) is 27.6. The van der Waals surface area contributed by atoms with Gasteiger partial charge in [0.1, 0.15) is 18.2 Å². The molecule has 0 saturated carbocycles. The number of rotatable bonds is 10. The Morgan fingerprint density at radius 2 is 1.83 bits per heavy atom. The van der Waals surface area contributed by atoms with E-state index in [9.17, 15) is 9.59 Å². The van der Waals surface area contributed by atoms with Crippen LogP contribution in [0.5, 0.6) is 11.5 Å². The zero-order valence-electron chi connectivity index (χ0n) is 26.9. The Morgan fingerprint density at radius 3 is 2.47 bits per heavy atom. The SMILES string of the molecule is COC(=O)N(CC1(c2ccccc2)Cc2c(cc(F)c(Cl)c2-c2c(C(N)=O)ccc(OCCOC3CCCCO3)c2F)O1)C(C)(C)C. The average Bonchev–Trinajstić information content (AvgIpc) is 3.42. The second-order valence-corrected chi connectivity index (χ2v) is 12.9. The molecule has 47 heavy (non-hydrogen) atoms. The monoisotopic (exact) mass is 672 g/mol. The van der Waals surface area contributed by atoms with E-state index < -0.39 is 39.8 Å². The van der Waals surface area contributed by atoms with Gasteiger partial charge in [0.15, 0.2) is 23.5 Å². The van der Waals surface area contributed by atoms with Crippen LogP contribution in [0, 0.1) is 11.6 Å². The summed E-state index contributed by atoms with van der Waals surface area (Å²) < 4.78 is 60.7. The van der Waals surface area contributed by atoms with Crippen molar-refractivity contribution in [1.29, 1.82) is 0 Å². The van der Waals surface area contributed by atoms with Gasteiger partial charge in [-0.2, -0.15) is 0 Å². The molecule has 3 aromatic carbocycles. The van der Waals surface area contributed by atoms with Crippen LogP contribution in [0.4, 0.5) is 13.6 Å². The number of nitrogens with two attached hydrogens (primary N) is 1. The number of ether oxygens (including phenoxy) is 5. The minimum Gasteiger partial charge on any atom is -0.488 e. The number of carbonyl (C=O) groups excluding carboxylic acids is 2. The minimum atomic E-state index is -1.27. The molecule has 252 valence electrons. The number of primary amides is 1. The molecule has 2 heterocycles. The molecule has 0 bridgehead atoms. The number of hydrogen-bond acceptors (Lipinski definition) is 7. The standard InChI is InChI=1S/C35H39ClF2N2O7/c1-34(2,3)40(33(42)43-4)20-35(21-10-6-5-7-11-21)19-23-26(47-35)18-24(37)30(36)28(23)29-22(32(39)41)13-14-25(31(29)38)44-16-17-46-27-12-8-9-15-45-27/h5-7,10-11,13-14,18,27H,8-9,12,15-17,19-20H2,1-4H3,(H2,39,41). The molecule has 0 radical (unpaired) electrons. The Hall–Kier alpha value is -3.93. The van der Waals surface area contributed by atoms with E-state index >= 15 is 8.78 Å². The highest BCUT2D eigenvalue weighted by atomic mass is 35.5. The molecule has 2 aliphatic rings. The first-order chi connectivity index (χ1) is 22.4. The Balaban J connectivity index is 1.58. The van der Waals surface area contributed by atoms with Crippen molar-refractivity contribution in [3.05, 3.63) is 81.9 Å². The second kappa shape index (κ2) is 14.0. The Bertz CT molecular complexity index is 1630. The first kappa shape index (κ1) is 34.4. The Kier molecular flexibility index (Phi) is 10.3. The molecule has 0 aliphatic carbocycles. The largest absolute Gasteiger partial charge is 0.488 e. The van der Waals surface area contributed by atoms with Crippen molar-refractivity contribution in [3.8, 4) is 22.6 Å². The zero-order chi connectivity index (χ0) is 33.9. The maximum absolute atomic E-state index is 16.5. The van der Waals surface area contributed by atoms with E-state index in [4.69, 9.17) is 41.0 Å². The lowest BCUT2D eigenvalue weighted by molar-refractivity contribution is -0.165. The molecule has 9 nitrogen and oxygen atoms in total. The van der Waals surface area contributed by atoms with Crippen LogP contribution in [0.3, 0.4) is 0 Å². The minimum absolute atomic E-state index is 0.0143. The highest BCUT2D eigenvalue weighted by molar-refractivity contribution is 6.34. The lowest BCUT2D eigenvalue weighted by Crippen LogP contribution is -2.54. The second-order valence-electron chi connectivity index (χ2n) is 12.6. The number of halogens is 3. The molecular weight excluding hydrogens is 634 g/mol. The Labute approximate surface area is 277 Å². The van der Waals surface area contributed by atoms with E-state index in [-0.39, 0.29) is 60.7 Å². The molecule has 2 unspecified atom stereocenters. The smallest absolute Gasteiger partial charge is 0.410 e. The number of methoxy groups -OCH3 is 1. The number of nitrogens with zero attached hydrogens (tertiary/aromatic N) is 1. The fourth-order valence-corrected chi connectivity index (χ4v) is 6.28. The van der Waals surface area contributed by atoms with Crippen molar-refractivity contribution in [2.45, 2.75) is 63.9 Å². The molecule has 2 aliphatic heterocycles. The lowest BCUT2D eigenvalue weighted by atomic mass is 9.84. The number of hydrogen-bond donors (Lipinski definition) is 1. The van der Waals surface area contributed by atoms with Crippen molar-refractivity contribution < 1.29 is 42.1 Å². The van der Waals surface area contributed by atoms with Crippen LogP contribution in [0.2, 0.25) is 5.02 Å². The summed E-state index contributed by atoms with van der Waals surface area (Å²) in [6.45, 7) is 6.25. The van der Waals surface area contributed by atoms with Gasteiger partial charge in [-0.25, -0.2) is 13.6 Å². The molecule has 3 aromatic rings. The molecule has 1 saturated heterocycles. The number of amides is 2. The molecule has 2 atom stereocenters. The number of benzene rings is 3. The van der Waals surface area contributed by atoms with Gasteiger partial charge in [0.05, 0.1) is 30.8 Å². The summed E-state index contributed by atoms with van der Waals surface area (Å²) in [5.74, 6) is -2.92. The summed E-state index contributed by atoms with van der Waals surface area (Å²) in [5.41, 5.74) is 4.10. The summed E-state index contributed by atoms with van der Waals surface area (Å²) in [5, 5.41) is -0.423. The quantitative estimate of drug-likeness (QED) is 0.231. The molecule has 2 N–H and O–H groups in total. The predicted octanol–water partition coefficient (Wildman–Crippen LogP) is 7.00. The van der Waals surface area contributed by atoms with Crippen molar-refractivity contribution >= 4 is 23.6 Å². The van der Waals surface area contributed by atoms with E-state index in [2.05, 4.69) is 0 Å². The highest BCUT2D eigenvalue weighted by Crippen LogP contribution is 2.51. The van der Waals surface area contributed by atoms with Gasteiger partial charge in [-0.3, -0.25) is 9.69 Å². The van der Waals surface area contributed by atoms with Crippen LogP contribution >= 0.6 is 11.6 Å². The van der Waals surface area contributed by atoms with Gasteiger partial charge in [0.25, 0.3) is 0 Å². The van der Waals surface area contributed by atoms with Crippen LogP contribution in [0.25, 0.3) is 11.1 Å². The first-order valence-electron chi connectivity index (χ1n) is 15.5. The van der Waals surface area contributed by atoms with Crippen LogP contribution in [0.1, 0.15) is 61.5 Å². The van der Waals surface area contributed by atoms with Crippen LogP contribution < -0.4 is 15.2 Å². The molecule has 1 fully saturated rings. The number of carbonyl (C=O) groups is 2. The fourth-order valence-electron chi connectivity index (χ4n) is 6.02. The van der Waals surface area contributed by atoms with Crippen molar-refractivity contribution in [1.82, 2.24) is 4.90 Å². The fraction of sp³-hybridized carbons (Fsp3) is 0.429. The van der Waals surface area contributed by atoms with Gasteiger partial charge < -0.3 is 29.4 Å². The van der Waals surface area contributed by atoms with E-state index in [0.717, 1.165) is 25.3 Å². The summed E-state index contributed by atoms with van der Waals surface area (Å²) in [6.07, 6.45) is 1.81. The van der Waals surface area contributed by atoms with Crippen LogP contribution in [0.15, 0.2) is 48.5 Å². The molecule has 12 heteroatoms. The van der Waals surface area contributed by atoms with Gasteiger partial charge >= 0.3 is 6.09 Å². The van der Waals surface area contributed by atoms with Gasteiger partial charge in [-0.1, -0.05) is 41.9 Å². The molecule has 0 aromatic heterocycles. The summed E-state index contributed by atoms with van der Waals surface area (Å²) in [7, 11) is 1.28. The predicted molar refractivity (Wildman–Crippen MR) is 172 cm³/mol. The molecule has 0 spiro atoms. The van der Waals surface area contributed by atoms with E-state index in [0.29, 0.717) is 17.7 Å².